The van der Waals surface area contributed by atoms with Gasteiger partial charge in [-0.2, -0.15) is 9.97 Å². The second-order valence-corrected chi connectivity index (χ2v) is 3.35. The summed E-state index contributed by atoms with van der Waals surface area (Å²) in [5.41, 5.74) is 11.6. The third-order valence-electron chi connectivity index (χ3n) is 2.06. The van der Waals surface area contributed by atoms with Crippen molar-refractivity contribution in [1.82, 2.24) is 9.97 Å². The number of ether oxygens (including phenoxy) is 3. The largest absolute Gasteiger partial charge is 0.474 e. The first kappa shape index (κ1) is 14.3. The first-order chi connectivity index (χ1) is 8.69. The molecule has 0 atom stereocenters. The number of hydrogen-bond acceptors (Lipinski definition) is 8. The molecule has 0 aliphatic carbocycles. The third-order valence-corrected chi connectivity index (χ3v) is 2.06. The fourth-order valence-electron chi connectivity index (χ4n) is 1.21. The molecule has 0 unspecified atom stereocenters. The summed E-state index contributed by atoms with van der Waals surface area (Å²) in [6.45, 7) is 1.81. The minimum atomic E-state index is 0.101. The Morgan fingerprint density at radius 3 is 2.50 bits per heavy atom. The summed E-state index contributed by atoms with van der Waals surface area (Å²) in [6, 6.07) is 0. The predicted molar refractivity (Wildman–Crippen MR) is 68.6 cm³/mol. The smallest absolute Gasteiger partial charge is 0.244 e. The van der Waals surface area contributed by atoms with E-state index in [2.05, 4.69) is 15.3 Å². The van der Waals surface area contributed by atoms with E-state index in [1.54, 1.807) is 14.2 Å². The third kappa shape index (κ3) is 4.22. The van der Waals surface area contributed by atoms with Gasteiger partial charge in [-0.25, -0.2) is 0 Å². The molecule has 1 rings (SSSR count). The molecule has 5 N–H and O–H groups in total. The molecule has 102 valence electrons. The fourth-order valence-corrected chi connectivity index (χ4v) is 1.21. The Balaban J connectivity index is 2.44. The van der Waals surface area contributed by atoms with Crippen LogP contribution >= 0.6 is 0 Å². The topological polar surface area (TPSA) is 118 Å². The zero-order valence-electron chi connectivity index (χ0n) is 10.6. The highest BCUT2D eigenvalue weighted by Crippen LogP contribution is 2.26. The summed E-state index contributed by atoms with van der Waals surface area (Å²) in [4.78, 5) is 7.84. The van der Waals surface area contributed by atoms with Gasteiger partial charge in [-0.3, -0.25) is 0 Å². The van der Waals surface area contributed by atoms with Crippen molar-refractivity contribution in [2.45, 2.75) is 0 Å². The van der Waals surface area contributed by atoms with Crippen LogP contribution in [-0.2, 0) is 9.47 Å². The molecule has 0 amide bonds. The molecule has 0 saturated carbocycles. The Morgan fingerprint density at radius 2 is 1.83 bits per heavy atom. The van der Waals surface area contributed by atoms with Crippen LogP contribution in [0.3, 0.4) is 0 Å². The zero-order valence-corrected chi connectivity index (χ0v) is 10.6. The number of hydrogen-bond donors (Lipinski definition) is 3. The second-order valence-electron chi connectivity index (χ2n) is 3.35. The Morgan fingerprint density at radius 1 is 1.11 bits per heavy atom. The number of nitrogens with one attached hydrogen (secondary N) is 1. The molecule has 0 bridgehead atoms. The number of rotatable bonds is 8. The minimum Gasteiger partial charge on any atom is -0.474 e. The maximum Gasteiger partial charge on any atom is 0.244 e. The van der Waals surface area contributed by atoms with Crippen molar-refractivity contribution in [3.05, 3.63) is 0 Å². The monoisotopic (exact) mass is 257 g/mol. The van der Waals surface area contributed by atoms with Crippen LogP contribution in [0.15, 0.2) is 0 Å². The molecule has 0 spiro atoms. The van der Waals surface area contributed by atoms with Crippen LogP contribution in [0.2, 0.25) is 0 Å². The second kappa shape index (κ2) is 7.51. The van der Waals surface area contributed by atoms with Gasteiger partial charge >= 0.3 is 0 Å². The van der Waals surface area contributed by atoms with Gasteiger partial charge in [0.15, 0.2) is 5.82 Å². The maximum absolute atomic E-state index is 5.80. The lowest BCUT2D eigenvalue weighted by molar-refractivity contribution is 0.0538. The van der Waals surface area contributed by atoms with Gasteiger partial charge in [0.25, 0.3) is 0 Å². The summed E-state index contributed by atoms with van der Waals surface area (Å²) in [5.74, 6) is 0.795. The Hall–Kier alpha value is -1.80. The molecule has 0 aliphatic rings. The highest BCUT2D eigenvalue weighted by atomic mass is 16.5. The first-order valence-electron chi connectivity index (χ1n) is 5.49. The first-order valence-corrected chi connectivity index (χ1v) is 5.49. The molecular weight excluding hydrogens is 238 g/mol. The number of nitrogens with zero attached hydrogens (tertiary/aromatic N) is 2. The summed E-state index contributed by atoms with van der Waals surface area (Å²) in [6.07, 6.45) is 0. The number of nitrogen functional groups attached to an aromatic ring is 2. The van der Waals surface area contributed by atoms with Crippen LogP contribution in [-0.4, -0.2) is 50.6 Å². The van der Waals surface area contributed by atoms with E-state index >= 15 is 0 Å². The van der Waals surface area contributed by atoms with Crippen LogP contribution in [0, 0.1) is 0 Å². The van der Waals surface area contributed by atoms with Gasteiger partial charge in [0.1, 0.15) is 12.3 Å². The SMILES string of the molecule is CNc1nc(N)nc(OCCOCCOC)c1N. The van der Waals surface area contributed by atoms with Crippen molar-refractivity contribution in [2.75, 3.05) is 57.4 Å². The lowest BCUT2D eigenvalue weighted by Crippen LogP contribution is -2.13. The Labute approximate surface area is 106 Å². The van der Waals surface area contributed by atoms with Crippen molar-refractivity contribution < 1.29 is 14.2 Å². The van der Waals surface area contributed by atoms with Crippen molar-refractivity contribution in [2.24, 2.45) is 0 Å². The van der Waals surface area contributed by atoms with Crippen molar-refractivity contribution in [3.8, 4) is 5.88 Å². The molecule has 1 aromatic rings. The van der Waals surface area contributed by atoms with Gasteiger partial charge in [0, 0.05) is 14.2 Å². The number of anilines is 3. The quantitative estimate of drug-likeness (QED) is 0.544. The molecule has 0 saturated heterocycles. The molecule has 0 fully saturated rings. The summed E-state index contributed by atoms with van der Waals surface area (Å²) in [5, 5.41) is 2.81. The standard InChI is InChI=1S/C10H19N5O3/c1-13-8-7(11)9(15-10(12)14-8)18-6-5-17-4-3-16-2/h3-6,11H2,1-2H3,(H3,12,13,14,15). The van der Waals surface area contributed by atoms with Crippen molar-refractivity contribution >= 4 is 17.5 Å². The normalized spacial score (nSPS) is 10.3. The van der Waals surface area contributed by atoms with Crippen LogP contribution in [0.1, 0.15) is 0 Å². The van der Waals surface area contributed by atoms with Gasteiger partial charge in [-0.05, 0) is 0 Å². The van der Waals surface area contributed by atoms with E-state index in [0.717, 1.165) is 0 Å². The van der Waals surface area contributed by atoms with E-state index in [-0.39, 0.29) is 11.8 Å². The van der Waals surface area contributed by atoms with Gasteiger partial charge in [0.05, 0.1) is 19.8 Å². The van der Waals surface area contributed by atoms with Crippen molar-refractivity contribution in [1.29, 1.82) is 0 Å². The molecule has 0 radical (unpaired) electrons. The van der Waals surface area contributed by atoms with E-state index in [1.807, 2.05) is 0 Å². The fraction of sp³-hybridized carbons (Fsp3) is 0.600. The highest BCUT2D eigenvalue weighted by Gasteiger charge is 2.10. The molecule has 1 heterocycles. The Kier molecular flexibility index (Phi) is 5.95. The number of methoxy groups -OCH3 is 1. The summed E-state index contributed by atoms with van der Waals surface area (Å²) >= 11 is 0. The van der Waals surface area contributed by atoms with Gasteiger partial charge in [-0.15, -0.1) is 0 Å². The lowest BCUT2D eigenvalue weighted by Gasteiger charge is -2.11. The summed E-state index contributed by atoms with van der Waals surface area (Å²) < 4.78 is 15.5. The molecule has 8 nitrogen and oxygen atoms in total. The Bertz CT molecular complexity index is 375. The predicted octanol–water partition coefficient (Wildman–Crippen LogP) is -0.275. The average Bonchev–Trinajstić information content (AvgIpc) is 2.37. The van der Waals surface area contributed by atoms with E-state index < -0.39 is 0 Å². The maximum atomic E-state index is 5.80. The minimum absolute atomic E-state index is 0.101. The van der Waals surface area contributed by atoms with Crippen LogP contribution < -0.4 is 21.5 Å². The van der Waals surface area contributed by atoms with Gasteiger partial charge < -0.3 is 31.0 Å². The van der Waals surface area contributed by atoms with E-state index in [0.29, 0.717) is 37.9 Å². The molecule has 8 heteroatoms. The molecule has 18 heavy (non-hydrogen) atoms. The van der Waals surface area contributed by atoms with Crippen LogP contribution in [0.5, 0.6) is 5.88 Å². The van der Waals surface area contributed by atoms with Gasteiger partial charge in [0.2, 0.25) is 11.8 Å². The van der Waals surface area contributed by atoms with Crippen molar-refractivity contribution in [3.63, 3.8) is 0 Å². The van der Waals surface area contributed by atoms with E-state index in [4.69, 9.17) is 25.7 Å². The molecular formula is C10H19N5O3. The van der Waals surface area contributed by atoms with E-state index in [9.17, 15) is 0 Å². The van der Waals surface area contributed by atoms with Gasteiger partial charge in [-0.1, -0.05) is 0 Å². The highest BCUT2D eigenvalue weighted by molar-refractivity contribution is 5.68. The van der Waals surface area contributed by atoms with E-state index in [1.165, 1.54) is 0 Å². The molecule has 0 aliphatic heterocycles. The zero-order chi connectivity index (χ0) is 13.4. The van der Waals surface area contributed by atoms with Crippen LogP contribution in [0.4, 0.5) is 17.5 Å². The molecule has 0 aromatic carbocycles. The van der Waals surface area contributed by atoms with Crippen LogP contribution in [0.25, 0.3) is 0 Å². The summed E-state index contributed by atoms with van der Waals surface area (Å²) in [7, 11) is 3.30. The number of aromatic nitrogens is 2. The number of nitrogens with two attached hydrogens (primary N) is 2. The lowest BCUT2D eigenvalue weighted by atomic mass is 10.4. The molecule has 1 aromatic heterocycles. The average molecular weight is 257 g/mol.